The first-order chi connectivity index (χ1) is 49.5. The zero-order valence-electron chi connectivity index (χ0n) is 57.8. The largest absolute Gasteiger partial charge is 0.479 e. The number of thiazole rings is 1. The van der Waals surface area contributed by atoms with Crippen LogP contribution in [-0.2, 0) is 74.4 Å². The number of pyridine rings is 2. The first-order valence-electron chi connectivity index (χ1n) is 34.6. The molecule has 30 nitrogen and oxygen atoms in total. The van der Waals surface area contributed by atoms with Crippen molar-refractivity contribution in [3.63, 3.8) is 0 Å². The van der Waals surface area contributed by atoms with E-state index in [2.05, 4.69) is 57.9 Å². The SMILES string of the molecule is Cc1c(-c2ccc(N3CCc4cccc(CNc5nc6cccnc6s5)c4C3)nc2C(=O)O)cnn1CC12CC3(C)CC(C)(C1)CC(OCCN(CCS(=O)(=O)O)C(=O)OC/C=C/c1ccc(O[C@@H]4O[C@H](C(=O)O)[C@@H](O)[C@H](O)[C@H]4O)c(NC(=O)CCNC(=O)CCCCCN4C(=O)C=CC4=O)c1)(C3)C2. The average Bonchev–Trinajstić information content (AvgIpc) is 0.696. The summed E-state index contributed by atoms with van der Waals surface area (Å²) in [5.41, 5.74) is 5.30. The number of benzene rings is 2. The molecule has 5 fully saturated rings. The number of anilines is 3. The highest BCUT2D eigenvalue weighted by Crippen LogP contribution is 2.72. The molecule has 104 heavy (non-hydrogen) atoms. The van der Waals surface area contributed by atoms with Crippen molar-refractivity contribution in [3.05, 3.63) is 125 Å². The Bertz CT molecular complexity index is 4400. The molecule has 2 unspecified atom stereocenters. The molecule has 2 aromatic carbocycles. The van der Waals surface area contributed by atoms with Gasteiger partial charge in [0.25, 0.3) is 21.9 Å². The Kier molecular flexibility index (Phi) is 22.1. The minimum atomic E-state index is -4.55. The molecule has 5 amide bonds. The number of fused-ring (bicyclic) bond motifs is 2. The van der Waals surface area contributed by atoms with Gasteiger partial charge in [-0.25, -0.2) is 29.3 Å². The molecule has 7 atom stereocenters. The Labute approximate surface area is 603 Å². The number of aliphatic hydroxyl groups excluding tert-OH is 3. The normalized spacial score (nSPS) is 24.8. The van der Waals surface area contributed by atoms with E-state index in [9.17, 15) is 72.1 Å². The second-order valence-corrected chi connectivity index (χ2v) is 31.3. The summed E-state index contributed by atoms with van der Waals surface area (Å²) in [6.45, 7) is 8.02. The molecule has 6 aromatic rings. The number of unbranched alkanes of at least 4 members (excludes halogenated alkanes) is 2. The van der Waals surface area contributed by atoms with Crippen LogP contribution in [-0.4, -0.2) is 203 Å². The van der Waals surface area contributed by atoms with Crippen LogP contribution in [0.15, 0.2) is 91.3 Å². The zero-order valence-corrected chi connectivity index (χ0v) is 59.4. The van der Waals surface area contributed by atoms with E-state index in [-0.39, 0.29) is 96.8 Å². The predicted octanol–water partition coefficient (Wildman–Crippen LogP) is 6.51. The van der Waals surface area contributed by atoms with Gasteiger partial charge < -0.3 is 70.2 Å². The van der Waals surface area contributed by atoms with Crippen molar-refractivity contribution >= 4 is 96.2 Å². The van der Waals surface area contributed by atoms with Crippen molar-refractivity contribution in [2.45, 2.75) is 154 Å². The van der Waals surface area contributed by atoms with E-state index >= 15 is 0 Å². The standard InChI is InChI=1S/C72H85N11O19S2/c1-43-48(47-16-18-53(79-58(47)64(91)92)81-26-22-45-11-7-12-46(49(45)35-81)33-75-67-78-50-13-8-23-74-63(50)103-67)34-76-83(43)42-71-37-69(2)36-70(3,38-71)40-72(39-69,41-71)100-30-27-80(28-31-104(96,97)98)68(95)99-29-9-10-44-15-17-52(101-66-61(90)59(88)60(89)62(102-66)65(93)94)51(32-44)77-55(85)21-24-73-54(84)14-5-4-6-25-82-56(86)19-20-57(82)87/h7-13,15-20,23,32,34,59-62,66,88-90H,4-6,14,21-22,24-31,33,35-42H2,1-3H3,(H,73,84)(H,75,78)(H,77,85)(H,91,92)(H,93,94)(H,96,97,98)/b10-9+/t59-,60-,61+,62-,66+,69?,70?,71?,72?/m0/s1. The van der Waals surface area contributed by atoms with Gasteiger partial charge in [-0.05, 0) is 146 Å². The molecule has 7 heterocycles. The highest BCUT2D eigenvalue weighted by molar-refractivity contribution is 7.85. The number of carboxylic acids is 2. The monoisotopic (exact) mass is 1470 g/mol. The van der Waals surface area contributed by atoms with E-state index in [0.29, 0.717) is 74.4 Å². The van der Waals surface area contributed by atoms with Crippen molar-refractivity contribution in [2.75, 3.05) is 67.2 Å². The predicted molar refractivity (Wildman–Crippen MR) is 378 cm³/mol. The molecule has 4 aromatic heterocycles. The second-order valence-electron chi connectivity index (χ2n) is 28.8. The van der Waals surface area contributed by atoms with Crippen LogP contribution in [0.25, 0.3) is 27.6 Å². The number of ether oxygens (including phenoxy) is 4. The topological polar surface area (TPSA) is 414 Å². The highest BCUT2D eigenvalue weighted by Gasteiger charge is 2.66. The Hall–Kier alpha value is -9.28. The van der Waals surface area contributed by atoms with E-state index in [4.69, 9.17) is 34.0 Å². The Balaban J connectivity index is 0.674. The van der Waals surface area contributed by atoms with Gasteiger partial charge in [0.1, 0.15) is 46.8 Å². The summed E-state index contributed by atoms with van der Waals surface area (Å²) < 4.78 is 59.8. The van der Waals surface area contributed by atoms with Crippen molar-refractivity contribution in [1.82, 2.24) is 39.8 Å². The second kappa shape index (κ2) is 30.8. The highest BCUT2D eigenvalue weighted by atomic mass is 32.2. The molecule has 0 radical (unpaired) electrons. The molecule has 1 saturated heterocycles. The summed E-state index contributed by atoms with van der Waals surface area (Å²) in [5, 5.41) is 66.4. The third kappa shape index (κ3) is 17.2. The lowest BCUT2D eigenvalue weighted by molar-refractivity contribution is -0.271. The summed E-state index contributed by atoms with van der Waals surface area (Å²) in [5.74, 6) is -4.97. The molecule has 3 aliphatic heterocycles. The molecule has 32 heteroatoms. The summed E-state index contributed by atoms with van der Waals surface area (Å²) in [7, 11) is -4.55. The van der Waals surface area contributed by atoms with Gasteiger partial charge in [-0.2, -0.15) is 13.5 Å². The smallest absolute Gasteiger partial charge is 0.410 e. The zero-order chi connectivity index (χ0) is 73.9. The molecule has 4 bridgehead atoms. The van der Waals surface area contributed by atoms with Gasteiger partial charge >= 0.3 is 18.0 Å². The van der Waals surface area contributed by atoms with E-state index in [1.54, 1.807) is 12.4 Å². The number of carboxylic acid groups (broad SMARTS) is 2. The summed E-state index contributed by atoms with van der Waals surface area (Å²) in [6.07, 6.45) is 5.13. The number of carbonyl (C=O) groups excluding carboxylic acids is 5. The molecule has 13 rings (SSSR count). The number of hydrogen-bond donors (Lipinski definition) is 9. The lowest BCUT2D eigenvalue weighted by Crippen LogP contribution is -2.64. The lowest BCUT2D eigenvalue weighted by Gasteiger charge is -2.69. The number of nitrogens with one attached hydrogen (secondary N) is 3. The van der Waals surface area contributed by atoms with Crippen LogP contribution in [0.1, 0.15) is 123 Å². The molecule has 0 spiro atoms. The fraction of sp³-hybridized carbons (Fsp3) is 0.486. The van der Waals surface area contributed by atoms with Gasteiger partial charge in [0.15, 0.2) is 16.9 Å². The van der Waals surface area contributed by atoms with Crippen LogP contribution in [0, 0.1) is 23.2 Å². The maximum absolute atomic E-state index is 13.9. The summed E-state index contributed by atoms with van der Waals surface area (Å²) >= 11 is 1.50. The van der Waals surface area contributed by atoms with Gasteiger partial charge in [-0.1, -0.05) is 61.9 Å². The fourth-order valence-electron chi connectivity index (χ4n) is 16.8. The number of rotatable bonds is 31. The van der Waals surface area contributed by atoms with Crippen LogP contribution in [0.5, 0.6) is 5.75 Å². The van der Waals surface area contributed by atoms with Gasteiger partial charge in [0, 0.05) is 100 Å². The Morgan fingerprint density at radius 2 is 1.63 bits per heavy atom. The van der Waals surface area contributed by atoms with Crippen LogP contribution in [0.3, 0.4) is 0 Å². The molecule has 4 aliphatic carbocycles. The maximum atomic E-state index is 13.9. The number of nitrogens with zero attached hydrogens (tertiary/aromatic N) is 8. The first kappa shape index (κ1) is 74.4. The number of amides is 5. The Morgan fingerprint density at radius 1 is 0.856 bits per heavy atom. The van der Waals surface area contributed by atoms with Gasteiger partial charge in [0.05, 0.1) is 29.8 Å². The fourth-order valence-corrected chi connectivity index (χ4v) is 18.0. The third-order valence-electron chi connectivity index (χ3n) is 20.4. The summed E-state index contributed by atoms with van der Waals surface area (Å²) in [6, 6.07) is 18.0. The Morgan fingerprint density at radius 3 is 2.38 bits per heavy atom. The van der Waals surface area contributed by atoms with Crippen LogP contribution < -0.4 is 25.6 Å². The van der Waals surface area contributed by atoms with E-state index < -0.39 is 82.7 Å². The number of aromatic nitrogens is 5. The quantitative estimate of drug-likeness (QED) is 0.0127. The van der Waals surface area contributed by atoms with Crippen LogP contribution >= 0.6 is 11.3 Å². The van der Waals surface area contributed by atoms with E-state index in [1.807, 2.05) is 35.9 Å². The van der Waals surface area contributed by atoms with Crippen LogP contribution in [0.2, 0.25) is 0 Å². The molecule has 4 saturated carbocycles. The average molecular weight is 1470 g/mol. The number of carbonyl (C=O) groups is 7. The molecular weight excluding hydrogens is 1390 g/mol. The first-order valence-corrected chi connectivity index (χ1v) is 37.1. The minimum Gasteiger partial charge on any atom is -0.479 e. The molecule has 7 aliphatic rings. The minimum absolute atomic E-state index is 0.00215. The van der Waals surface area contributed by atoms with Gasteiger partial charge in [-0.15, -0.1) is 0 Å². The number of aliphatic carboxylic acids is 1. The lowest BCUT2D eigenvalue weighted by atomic mass is 9.39. The molecular formula is C72H85N11O19S2. The number of imide groups is 1. The third-order valence-corrected chi connectivity index (χ3v) is 22.0. The van der Waals surface area contributed by atoms with Crippen molar-refractivity contribution < 1.29 is 91.0 Å². The van der Waals surface area contributed by atoms with Gasteiger partial charge in [0.2, 0.25) is 18.1 Å². The number of hydrogen-bond acceptors (Lipinski definition) is 23. The molecule has 9 N–H and O–H groups in total. The van der Waals surface area contributed by atoms with Crippen molar-refractivity contribution in [1.29, 1.82) is 0 Å². The number of aliphatic hydroxyl groups is 3. The van der Waals surface area contributed by atoms with E-state index in [0.717, 1.165) is 80.6 Å². The number of aromatic carboxylic acids is 1. The van der Waals surface area contributed by atoms with Crippen molar-refractivity contribution in [3.8, 4) is 16.9 Å². The molecule has 554 valence electrons. The summed E-state index contributed by atoms with van der Waals surface area (Å²) in [4.78, 5) is 108. The van der Waals surface area contributed by atoms with Crippen LogP contribution in [0.4, 0.5) is 21.4 Å². The van der Waals surface area contributed by atoms with Crippen molar-refractivity contribution in [2.24, 2.45) is 16.2 Å². The maximum Gasteiger partial charge on any atom is 0.410 e. The van der Waals surface area contributed by atoms with E-state index in [1.165, 1.54) is 59.4 Å². The van der Waals surface area contributed by atoms with Gasteiger partial charge in [-0.3, -0.25) is 33.3 Å².